The first-order chi connectivity index (χ1) is 13.0. The van der Waals surface area contributed by atoms with Gasteiger partial charge in [0.25, 0.3) is 5.91 Å². The summed E-state index contributed by atoms with van der Waals surface area (Å²) < 4.78 is 5.61. The van der Waals surface area contributed by atoms with Crippen molar-refractivity contribution < 1.29 is 14.3 Å². The summed E-state index contributed by atoms with van der Waals surface area (Å²) in [6.07, 6.45) is -0.0192. The topological polar surface area (TPSA) is 82.4 Å². The van der Waals surface area contributed by atoms with Crippen LogP contribution in [-0.2, 0) is 16.0 Å². The predicted molar refractivity (Wildman–Crippen MR) is 103 cm³/mol. The molecule has 0 fully saturated rings. The maximum atomic E-state index is 12.5. The smallest absolute Gasteiger partial charge is 0.263 e. The van der Waals surface area contributed by atoms with Crippen molar-refractivity contribution in [2.45, 2.75) is 26.4 Å². The Bertz CT molecular complexity index is 858. The Morgan fingerprint density at radius 1 is 1.19 bits per heavy atom. The van der Waals surface area contributed by atoms with Gasteiger partial charge in [-0.2, -0.15) is 5.26 Å². The van der Waals surface area contributed by atoms with Gasteiger partial charge in [0.2, 0.25) is 5.91 Å². The molecule has 2 rings (SSSR count). The van der Waals surface area contributed by atoms with Crippen LogP contribution in [-0.4, -0.2) is 36.4 Å². The maximum absolute atomic E-state index is 12.5. The highest BCUT2D eigenvalue weighted by Crippen LogP contribution is 2.19. The van der Waals surface area contributed by atoms with E-state index >= 15 is 0 Å². The van der Waals surface area contributed by atoms with Crippen LogP contribution in [0.15, 0.2) is 48.5 Å². The first-order valence-electron chi connectivity index (χ1n) is 8.74. The van der Waals surface area contributed by atoms with E-state index in [1.165, 1.54) is 4.90 Å². The zero-order valence-electron chi connectivity index (χ0n) is 15.7. The second kappa shape index (κ2) is 9.39. The third-order valence-corrected chi connectivity index (χ3v) is 4.09. The molecule has 0 aliphatic carbocycles. The normalized spacial score (nSPS) is 11.2. The van der Waals surface area contributed by atoms with Crippen LogP contribution in [0.4, 0.5) is 5.69 Å². The first kappa shape index (κ1) is 20.0. The number of rotatable bonds is 7. The Balaban J connectivity index is 1.96. The molecule has 2 amide bonds. The molecule has 0 aromatic heterocycles. The molecule has 1 atom stereocenters. The van der Waals surface area contributed by atoms with E-state index in [-0.39, 0.29) is 18.4 Å². The molecule has 0 bridgehead atoms. The average Bonchev–Trinajstić information content (AvgIpc) is 2.68. The molecule has 2 aromatic rings. The van der Waals surface area contributed by atoms with Gasteiger partial charge in [0, 0.05) is 12.7 Å². The molecule has 0 radical (unpaired) electrons. The molecular formula is C21H23N3O3. The van der Waals surface area contributed by atoms with E-state index in [2.05, 4.69) is 5.32 Å². The number of nitrogens with one attached hydrogen (secondary N) is 1. The fourth-order valence-corrected chi connectivity index (χ4v) is 2.65. The third kappa shape index (κ3) is 5.32. The summed E-state index contributed by atoms with van der Waals surface area (Å²) in [4.78, 5) is 26.1. The van der Waals surface area contributed by atoms with Crippen molar-refractivity contribution in [1.82, 2.24) is 4.90 Å². The molecule has 0 saturated carbocycles. The minimum absolute atomic E-state index is 0.0928. The average molecular weight is 365 g/mol. The Morgan fingerprint density at radius 3 is 2.56 bits per heavy atom. The molecule has 6 nitrogen and oxygen atoms in total. The lowest BCUT2D eigenvalue weighted by molar-refractivity contribution is -0.139. The molecule has 2 aromatic carbocycles. The standard InChI is InChI=1S/C21H23N3O3/c1-4-16-9-5-7-11-18(16)23-20(25)14-24(3)21(26)15(2)27-19-12-8-6-10-17(19)13-22/h5-12,15H,4,14H2,1-3H3,(H,23,25)/t15-/m0/s1. The number of likely N-dealkylation sites (N-methyl/N-ethyl adjacent to an activating group) is 1. The number of carbonyl (C=O) groups excluding carboxylic acids is 2. The third-order valence-electron chi connectivity index (χ3n) is 4.09. The number of aryl methyl sites for hydroxylation is 1. The Kier molecular flexibility index (Phi) is 6.95. The van der Waals surface area contributed by atoms with Gasteiger partial charge in [0.1, 0.15) is 11.8 Å². The first-order valence-corrected chi connectivity index (χ1v) is 8.74. The van der Waals surface area contributed by atoms with Crippen molar-refractivity contribution in [1.29, 1.82) is 5.26 Å². The van der Waals surface area contributed by atoms with E-state index in [0.29, 0.717) is 11.3 Å². The molecule has 6 heteroatoms. The molecule has 140 valence electrons. The number of carbonyl (C=O) groups is 2. The highest BCUT2D eigenvalue weighted by atomic mass is 16.5. The molecule has 0 saturated heterocycles. The quantitative estimate of drug-likeness (QED) is 0.818. The van der Waals surface area contributed by atoms with Gasteiger partial charge in [-0.25, -0.2) is 0 Å². The summed E-state index contributed by atoms with van der Waals surface area (Å²) in [5, 5.41) is 11.9. The lowest BCUT2D eigenvalue weighted by Crippen LogP contribution is -2.42. The maximum Gasteiger partial charge on any atom is 0.263 e. The SMILES string of the molecule is CCc1ccccc1NC(=O)CN(C)C(=O)[C@H](C)Oc1ccccc1C#N. The number of ether oxygens (including phenoxy) is 1. The van der Waals surface area contributed by atoms with Crippen LogP contribution in [0.5, 0.6) is 5.75 Å². The van der Waals surface area contributed by atoms with E-state index in [4.69, 9.17) is 10.00 Å². The summed E-state index contributed by atoms with van der Waals surface area (Å²) in [7, 11) is 1.55. The van der Waals surface area contributed by atoms with Gasteiger partial charge >= 0.3 is 0 Å². The second-order valence-corrected chi connectivity index (χ2v) is 6.12. The molecule has 0 spiro atoms. The molecule has 1 N–H and O–H groups in total. The number of hydrogen-bond donors (Lipinski definition) is 1. The van der Waals surface area contributed by atoms with Crippen molar-refractivity contribution in [2.24, 2.45) is 0 Å². The molecular weight excluding hydrogens is 342 g/mol. The van der Waals surface area contributed by atoms with Gasteiger partial charge in [-0.05, 0) is 37.1 Å². The van der Waals surface area contributed by atoms with Crippen molar-refractivity contribution in [3.05, 3.63) is 59.7 Å². The van der Waals surface area contributed by atoms with Gasteiger partial charge in [-0.1, -0.05) is 37.3 Å². The molecule has 0 aliphatic heterocycles. The zero-order valence-corrected chi connectivity index (χ0v) is 15.7. The van der Waals surface area contributed by atoms with E-state index in [1.54, 1.807) is 38.2 Å². The van der Waals surface area contributed by atoms with Crippen LogP contribution in [0.2, 0.25) is 0 Å². The minimum Gasteiger partial charge on any atom is -0.480 e. The molecule has 0 unspecified atom stereocenters. The number of nitriles is 1. The summed E-state index contributed by atoms with van der Waals surface area (Å²) in [6, 6.07) is 16.3. The van der Waals surface area contributed by atoms with Crippen molar-refractivity contribution in [2.75, 3.05) is 18.9 Å². The van der Waals surface area contributed by atoms with Crippen LogP contribution in [0, 0.1) is 11.3 Å². The van der Waals surface area contributed by atoms with E-state index in [9.17, 15) is 9.59 Å². The van der Waals surface area contributed by atoms with Crippen molar-refractivity contribution in [3.8, 4) is 11.8 Å². The fraction of sp³-hybridized carbons (Fsp3) is 0.286. The zero-order chi connectivity index (χ0) is 19.8. The lowest BCUT2D eigenvalue weighted by atomic mass is 10.1. The van der Waals surface area contributed by atoms with Crippen molar-refractivity contribution >= 4 is 17.5 Å². The van der Waals surface area contributed by atoms with Gasteiger partial charge < -0.3 is 15.0 Å². The van der Waals surface area contributed by atoms with Gasteiger partial charge in [0.05, 0.1) is 12.1 Å². The number of nitrogens with zero attached hydrogens (tertiary/aromatic N) is 2. The van der Waals surface area contributed by atoms with Crippen LogP contribution < -0.4 is 10.1 Å². The number of hydrogen-bond acceptors (Lipinski definition) is 4. The van der Waals surface area contributed by atoms with Crippen LogP contribution >= 0.6 is 0 Å². The van der Waals surface area contributed by atoms with Crippen molar-refractivity contribution in [3.63, 3.8) is 0 Å². The Labute approximate surface area is 159 Å². The van der Waals surface area contributed by atoms with Crippen LogP contribution in [0.3, 0.4) is 0 Å². The molecule has 0 aliphatic rings. The van der Waals surface area contributed by atoms with E-state index < -0.39 is 6.10 Å². The highest BCUT2D eigenvalue weighted by molar-refractivity contribution is 5.95. The summed E-state index contributed by atoms with van der Waals surface area (Å²) in [5.74, 6) is -0.284. The fourth-order valence-electron chi connectivity index (χ4n) is 2.65. The van der Waals surface area contributed by atoms with Crippen LogP contribution in [0.1, 0.15) is 25.0 Å². The second-order valence-electron chi connectivity index (χ2n) is 6.12. The molecule has 27 heavy (non-hydrogen) atoms. The number of amides is 2. The lowest BCUT2D eigenvalue weighted by Gasteiger charge is -2.22. The molecule has 0 heterocycles. The summed E-state index contributed by atoms with van der Waals surface area (Å²) >= 11 is 0. The van der Waals surface area contributed by atoms with Gasteiger partial charge in [-0.3, -0.25) is 9.59 Å². The van der Waals surface area contributed by atoms with E-state index in [0.717, 1.165) is 17.7 Å². The minimum atomic E-state index is -0.819. The highest BCUT2D eigenvalue weighted by Gasteiger charge is 2.22. The number of para-hydroxylation sites is 2. The van der Waals surface area contributed by atoms with E-state index in [1.807, 2.05) is 37.3 Å². The van der Waals surface area contributed by atoms with Gasteiger partial charge in [-0.15, -0.1) is 0 Å². The Morgan fingerprint density at radius 2 is 1.85 bits per heavy atom. The largest absolute Gasteiger partial charge is 0.480 e. The summed E-state index contributed by atoms with van der Waals surface area (Å²) in [5.41, 5.74) is 2.14. The number of benzene rings is 2. The summed E-state index contributed by atoms with van der Waals surface area (Å²) in [6.45, 7) is 3.51. The number of anilines is 1. The van der Waals surface area contributed by atoms with Gasteiger partial charge in [0.15, 0.2) is 6.10 Å². The monoisotopic (exact) mass is 365 g/mol. The van der Waals surface area contributed by atoms with Crippen LogP contribution in [0.25, 0.3) is 0 Å². The predicted octanol–water partition coefficient (Wildman–Crippen LogP) is 2.99. The Hall–Kier alpha value is -3.33.